The quantitative estimate of drug-likeness (QED) is 0.592. The van der Waals surface area contributed by atoms with E-state index >= 15 is 0 Å². The molecular weight excluding hydrogens is 444 g/mol. The second kappa shape index (κ2) is 9.49. The molecule has 1 amide bonds. The summed E-state index contributed by atoms with van der Waals surface area (Å²) in [5, 5.41) is 9.02. The van der Waals surface area contributed by atoms with Crippen LogP contribution >= 0.6 is 0 Å². The van der Waals surface area contributed by atoms with Crippen molar-refractivity contribution in [2.75, 3.05) is 13.7 Å². The number of methoxy groups -OCH3 is 1. The van der Waals surface area contributed by atoms with E-state index in [1.165, 1.54) is 32.2 Å². The van der Waals surface area contributed by atoms with E-state index in [1.807, 2.05) is 0 Å². The van der Waals surface area contributed by atoms with Crippen molar-refractivity contribution < 1.29 is 45.8 Å². The van der Waals surface area contributed by atoms with Crippen LogP contribution in [0.25, 0.3) is 11.1 Å². The largest absolute Gasteiger partial charge is 0.496 e. The number of amides is 1. The molecule has 0 heterocycles. The van der Waals surface area contributed by atoms with Gasteiger partial charge in [0.05, 0.1) is 19.1 Å². The molecule has 0 aromatic heterocycles. The number of aliphatic carboxylic acids is 1. The van der Waals surface area contributed by atoms with Gasteiger partial charge in [-0.2, -0.15) is 26.3 Å². The van der Waals surface area contributed by atoms with Crippen molar-refractivity contribution in [3.05, 3.63) is 53.1 Å². The van der Waals surface area contributed by atoms with Crippen LogP contribution in [0.2, 0.25) is 0 Å². The molecule has 0 fully saturated rings. The van der Waals surface area contributed by atoms with E-state index in [9.17, 15) is 35.9 Å². The minimum atomic E-state index is -5.20. The number of hydrogen-bond donors (Lipinski definition) is 1. The van der Waals surface area contributed by atoms with E-state index in [4.69, 9.17) is 9.84 Å². The Kier molecular flexibility index (Phi) is 7.42. The van der Waals surface area contributed by atoms with Gasteiger partial charge < -0.3 is 14.7 Å². The van der Waals surface area contributed by atoms with Crippen molar-refractivity contribution in [2.24, 2.45) is 0 Å². The van der Waals surface area contributed by atoms with Crippen LogP contribution in [0.4, 0.5) is 26.3 Å². The fraction of sp³-hybridized carbons (Fsp3) is 0.333. The molecular formula is C21H19F6NO4. The number of carbonyl (C=O) groups excluding carboxylic acids is 1. The van der Waals surface area contributed by atoms with Gasteiger partial charge in [-0.3, -0.25) is 9.59 Å². The van der Waals surface area contributed by atoms with Gasteiger partial charge in [-0.25, -0.2) is 0 Å². The van der Waals surface area contributed by atoms with Crippen molar-refractivity contribution in [3.8, 4) is 16.9 Å². The Balaban J connectivity index is 2.68. The summed E-state index contributed by atoms with van der Waals surface area (Å²) in [6, 6.07) is 6.72. The molecule has 0 radical (unpaired) electrons. The molecule has 32 heavy (non-hydrogen) atoms. The van der Waals surface area contributed by atoms with Crippen molar-refractivity contribution in [1.29, 1.82) is 0 Å². The molecule has 0 spiro atoms. The van der Waals surface area contributed by atoms with E-state index in [2.05, 4.69) is 0 Å². The summed E-state index contributed by atoms with van der Waals surface area (Å²) in [6.07, 6.45) is -10.4. The molecule has 0 saturated carbocycles. The Labute approximate surface area is 179 Å². The van der Waals surface area contributed by atoms with Gasteiger partial charge in [0.25, 0.3) is 0 Å². The third-order valence-corrected chi connectivity index (χ3v) is 4.61. The minimum Gasteiger partial charge on any atom is -0.496 e. The Morgan fingerprint density at radius 1 is 1.00 bits per heavy atom. The van der Waals surface area contributed by atoms with Crippen molar-refractivity contribution in [2.45, 2.75) is 32.2 Å². The highest BCUT2D eigenvalue weighted by atomic mass is 19.4. The van der Waals surface area contributed by atoms with E-state index in [0.29, 0.717) is 16.5 Å². The lowest BCUT2D eigenvalue weighted by Gasteiger charge is -2.24. The molecule has 0 aliphatic heterocycles. The second-order valence-corrected chi connectivity index (χ2v) is 6.79. The molecule has 2 aromatic rings. The third-order valence-electron chi connectivity index (χ3n) is 4.61. The molecule has 5 nitrogen and oxygen atoms in total. The van der Waals surface area contributed by atoms with Crippen molar-refractivity contribution >= 4 is 11.9 Å². The lowest BCUT2D eigenvalue weighted by Crippen LogP contribution is -2.40. The molecule has 0 bridgehead atoms. The molecule has 174 valence electrons. The average Bonchev–Trinajstić information content (AvgIpc) is 2.69. The molecule has 0 aliphatic rings. The van der Waals surface area contributed by atoms with Crippen LogP contribution in [-0.2, 0) is 28.7 Å². The zero-order valence-corrected chi connectivity index (χ0v) is 17.0. The first kappa shape index (κ1) is 25.0. The molecule has 11 heteroatoms. The van der Waals surface area contributed by atoms with Crippen LogP contribution in [0.1, 0.15) is 23.6 Å². The molecule has 2 aromatic carbocycles. The summed E-state index contributed by atoms with van der Waals surface area (Å²) in [6.45, 7) is 0.121. The molecule has 0 saturated heterocycles. The van der Waals surface area contributed by atoms with Gasteiger partial charge in [-0.05, 0) is 47.9 Å². The number of hydrogen-bond acceptors (Lipinski definition) is 3. The summed E-state index contributed by atoms with van der Waals surface area (Å²) in [5.41, 5.74) is -0.740. The highest BCUT2D eigenvalue weighted by Gasteiger charge is 2.42. The van der Waals surface area contributed by atoms with Gasteiger partial charge in [-0.15, -0.1) is 0 Å². The van der Waals surface area contributed by atoms with Crippen LogP contribution in [-0.4, -0.2) is 41.7 Å². The Bertz CT molecular complexity index is 1000. The highest BCUT2D eigenvalue weighted by molar-refractivity contribution is 5.82. The summed E-state index contributed by atoms with van der Waals surface area (Å²) in [7, 11) is 1.28. The van der Waals surface area contributed by atoms with Gasteiger partial charge in [-0.1, -0.05) is 12.1 Å². The number of rotatable bonds is 7. The lowest BCUT2D eigenvalue weighted by molar-refractivity contribution is -0.185. The smallest absolute Gasteiger partial charge is 0.471 e. The average molecular weight is 463 g/mol. The van der Waals surface area contributed by atoms with E-state index in [0.717, 1.165) is 12.1 Å². The van der Waals surface area contributed by atoms with E-state index in [-0.39, 0.29) is 28.9 Å². The molecule has 1 N–H and O–H groups in total. The topological polar surface area (TPSA) is 66.8 Å². The van der Waals surface area contributed by atoms with Gasteiger partial charge in [0.2, 0.25) is 0 Å². The first-order chi connectivity index (χ1) is 14.8. The zero-order chi connectivity index (χ0) is 24.3. The maximum atomic E-state index is 13.3. The molecule has 0 atom stereocenters. The molecule has 0 unspecified atom stereocenters. The molecule has 2 rings (SSSR count). The van der Waals surface area contributed by atoms with Gasteiger partial charge >= 0.3 is 24.2 Å². The maximum absolute atomic E-state index is 13.3. The predicted octanol–water partition coefficient (Wildman–Crippen LogP) is 4.92. The summed E-state index contributed by atoms with van der Waals surface area (Å²) < 4.78 is 83.8. The minimum absolute atomic E-state index is 0.0792. The fourth-order valence-electron chi connectivity index (χ4n) is 3.13. The van der Waals surface area contributed by atoms with E-state index in [1.54, 1.807) is 0 Å². The fourth-order valence-corrected chi connectivity index (χ4v) is 3.13. The zero-order valence-electron chi connectivity index (χ0n) is 17.0. The lowest BCUT2D eigenvalue weighted by atomic mass is 9.94. The second-order valence-electron chi connectivity index (χ2n) is 6.79. The summed E-state index contributed by atoms with van der Waals surface area (Å²) in [5.74, 6) is -3.16. The predicted molar refractivity (Wildman–Crippen MR) is 102 cm³/mol. The summed E-state index contributed by atoms with van der Waals surface area (Å²) in [4.78, 5) is 23.1. The number of carboxylic acids is 1. The Morgan fingerprint density at radius 2 is 1.66 bits per heavy atom. The number of alkyl halides is 6. The first-order valence-corrected chi connectivity index (χ1v) is 9.23. The number of carbonyl (C=O) groups is 2. The van der Waals surface area contributed by atoms with Crippen LogP contribution in [0.15, 0.2) is 36.4 Å². The number of halogens is 6. The van der Waals surface area contributed by atoms with Crippen LogP contribution in [0.3, 0.4) is 0 Å². The Hall–Kier alpha value is -3.24. The van der Waals surface area contributed by atoms with Crippen molar-refractivity contribution in [3.63, 3.8) is 0 Å². The first-order valence-electron chi connectivity index (χ1n) is 9.23. The number of benzene rings is 2. The summed E-state index contributed by atoms with van der Waals surface area (Å²) >= 11 is 0. The van der Waals surface area contributed by atoms with Crippen molar-refractivity contribution in [1.82, 2.24) is 4.90 Å². The normalized spacial score (nSPS) is 11.9. The van der Waals surface area contributed by atoms with Crippen LogP contribution in [0, 0.1) is 0 Å². The third kappa shape index (κ3) is 5.92. The Morgan fingerprint density at radius 3 is 2.16 bits per heavy atom. The van der Waals surface area contributed by atoms with Gasteiger partial charge in [0.15, 0.2) is 0 Å². The molecule has 0 aliphatic carbocycles. The highest BCUT2D eigenvalue weighted by Crippen LogP contribution is 2.38. The SMILES string of the molecule is CCN(Cc1cc(C(F)(F)F)ccc1-c1cc(CC(=O)O)ccc1OC)C(=O)C(F)(F)F. The van der Waals surface area contributed by atoms with Crippen LogP contribution < -0.4 is 4.74 Å². The monoisotopic (exact) mass is 463 g/mol. The number of ether oxygens (including phenoxy) is 1. The number of nitrogens with zero attached hydrogens (tertiary/aromatic N) is 1. The van der Waals surface area contributed by atoms with E-state index < -0.39 is 42.9 Å². The number of carboxylic acid groups (broad SMARTS) is 1. The van der Waals surface area contributed by atoms with Crippen LogP contribution in [0.5, 0.6) is 5.75 Å². The maximum Gasteiger partial charge on any atom is 0.471 e. The van der Waals surface area contributed by atoms with Gasteiger partial charge in [0, 0.05) is 18.7 Å². The van der Waals surface area contributed by atoms with Gasteiger partial charge in [0.1, 0.15) is 5.75 Å². The standard InChI is InChI=1S/C21H19F6NO4/c1-3-28(19(31)21(25,26)27)11-13-10-14(20(22,23)24)5-6-15(13)16-8-12(9-18(29)30)4-7-17(16)32-2/h4-8,10H,3,9,11H2,1-2H3,(H,29,30).